The highest BCUT2D eigenvalue weighted by molar-refractivity contribution is 5.79. The largest absolute Gasteiger partial charge is 0.369 e. The van der Waals surface area contributed by atoms with Gasteiger partial charge in [-0.3, -0.25) is 5.32 Å². The first-order valence-electron chi connectivity index (χ1n) is 4.70. The molecular formula is C9H16N4. The quantitative estimate of drug-likeness (QED) is 0.273. The summed E-state index contributed by atoms with van der Waals surface area (Å²) in [6, 6.07) is 0.310. The van der Waals surface area contributed by atoms with Crippen molar-refractivity contribution in [3.05, 3.63) is 0 Å². The Balaban J connectivity index is 2.43. The molecule has 2 unspecified atom stereocenters. The Labute approximate surface area is 78.8 Å². The van der Waals surface area contributed by atoms with Crippen LogP contribution in [-0.4, -0.2) is 12.0 Å². The molecule has 1 aliphatic rings. The lowest BCUT2D eigenvalue weighted by Gasteiger charge is -2.23. The predicted octanol–water partition coefficient (Wildman–Crippen LogP) is 0.950. The zero-order valence-electron chi connectivity index (χ0n) is 7.95. The molecule has 1 fully saturated rings. The molecule has 0 saturated heterocycles. The Morgan fingerprint density at radius 2 is 2.38 bits per heavy atom. The van der Waals surface area contributed by atoms with Gasteiger partial charge in [0.1, 0.15) is 0 Å². The van der Waals surface area contributed by atoms with Crippen LogP contribution in [-0.2, 0) is 0 Å². The molecular weight excluding hydrogens is 164 g/mol. The van der Waals surface area contributed by atoms with Gasteiger partial charge in [-0.25, -0.2) is 4.99 Å². The molecule has 3 N–H and O–H groups in total. The van der Waals surface area contributed by atoms with Crippen LogP contribution >= 0.6 is 0 Å². The lowest BCUT2D eigenvalue weighted by atomic mass is 9.87. The van der Waals surface area contributed by atoms with Crippen LogP contribution in [0.25, 0.3) is 0 Å². The monoisotopic (exact) mass is 180 g/mol. The van der Waals surface area contributed by atoms with Gasteiger partial charge in [-0.15, -0.1) is 0 Å². The molecule has 4 nitrogen and oxygen atoms in total. The second-order valence-corrected chi connectivity index (χ2v) is 3.68. The van der Waals surface area contributed by atoms with Crippen molar-refractivity contribution in [2.75, 3.05) is 0 Å². The van der Waals surface area contributed by atoms with E-state index < -0.39 is 0 Å². The maximum atomic E-state index is 8.30. The summed E-state index contributed by atoms with van der Waals surface area (Å²) in [5.41, 5.74) is 5.48. The Kier molecular flexibility index (Phi) is 3.56. The molecule has 13 heavy (non-hydrogen) atoms. The molecule has 0 aromatic carbocycles. The number of hydrogen-bond acceptors (Lipinski definition) is 2. The molecule has 2 atom stereocenters. The lowest BCUT2D eigenvalue weighted by molar-refractivity contribution is 0.345. The highest BCUT2D eigenvalue weighted by Gasteiger charge is 2.17. The van der Waals surface area contributed by atoms with E-state index in [0.29, 0.717) is 6.04 Å². The number of nitrogens with zero attached hydrogens (tertiary/aromatic N) is 2. The van der Waals surface area contributed by atoms with Gasteiger partial charge in [-0.05, 0) is 18.8 Å². The van der Waals surface area contributed by atoms with E-state index in [-0.39, 0.29) is 5.96 Å². The highest BCUT2D eigenvalue weighted by Crippen LogP contribution is 2.25. The minimum absolute atomic E-state index is 0.251. The minimum atomic E-state index is 0.251. The van der Waals surface area contributed by atoms with Crippen molar-refractivity contribution >= 4 is 5.96 Å². The SMILES string of the molecule is CC1CCCC(N=C(N)NC#N)C1. The van der Waals surface area contributed by atoms with Crippen LogP contribution in [0.1, 0.15) is 32.6 Å². The van der Waals surface area contributed by atoms with Crippen LogP contribution in [0.4, 0.5) is 0 Å². The normalized spacial score (nSPS) is 29.4. The minimum Gasteiger partial charge on any atom is -0.369 e. The summed E-state index contributed by atoms with van der Waals surface area (Å²) in [6.45, 7) is 2.23. The molecule has 0 heterocycles. The van der Waals surface area contributed by atoms with Crippen molar-refractivity contribution in [2.24, 2.45) is 16.6 Å². The molecule has 0 radical (unpaired) electrons. The number of guanidine groups is 1. The van der Waals surface area contributed by atoms with E-state index in [0.717, 1.165) is 18.8 Å². The number of nitriles is 1. The molecule has 1 aliphatic carbocycles. The first-order chi connectivity index (χ1) is 6.22. The van der Waals surface area contributed by atoms with Crippen molar-refractivity contribution in [3.63, 3.8) is 0 Å². The van der Waals surface area contributed by atoms with Gasteiger partial charge in [0.15, 0.2) is 6.19 Å². The van der Waals surface area contributed by atoms with E-state index in [4.69, 9.17) is 11.0 Å². The van der Waals surface area contributed by atoms with E-state index in [2.05, 4.69) is 17.2 Å². The van der Waals surface area contributed by atoms with Crippen LogP contribution in [0.15, 0.2) is 4.99 Å². The highest BCUT2D eigenvalue weighted by atomic mass is 15.1. The van der Waals surface area contributed by atoms with Crippen LogP contribution in [0.5, 0.6) is 0 Å². The molecule has 0 aromatic rings. The van der Waals surface area contributed by atoms with Gasteiger partial charge in [-0.1, -0.05) is 19.8 Å². The molecule has 1 saturated carbocycles. The maximum Gasteiger partial charge on any atom is 0.202 e. The fourth-order valence-corrected chi connectivity index (χ4v) is 1.81. The van der Waals surface area contributed by atoms with Crippen molar-refractivity contribution in [1.82, 2.24) is 5.32 Å². The summed E-state index contributed by atoms with van der Waals surface area (Å²) < 4.78 is 0. The van der Waals surface area contributed by atoms with E-state index in [1.165, 1.54) is 12.8 Å². The second kappa shape index (κ2) is 4.70. The first-order valence-corrected chi connectivity index (χ1v) is 4.70. The number of nitrogens with two attached hydrogens (primary N) is 1. The standard InChI is InChI=1S/C9H16N4/c1-7-3-2-4-8(5-7)13-9(11)12-6-10/h7-8H,2-5H2,1H3,(H3,11,12,13). The van der Waals surface area contributed by atoms with E-state index >= 15 is 0 Å². The Bertz CT molecular complexity index is 228. The number of rotatable bonds is 1. The Morgan fingerprint density at radius 3 is 3.00 bits per heavy atom. The van der Waals surface area contributed by atoms with Crippen molar-refractivity contribution in [1.29, 1.82) is 5.26 Å². The molecule has 0 aromatic heterocycles. The fourth-order valence-electron chi connectivity index (χ4n) is 1.81. The van der Waals surface area contributed by atoms with Crippen molar-refractivity contribution in [2.45, 2.75) is 38.6 Å². The first kappa shape index (κ1) is 9.85. The molecule has 0 bridgehead atoms. The topological polar surface area (TPSA) is 74.2 Å². The Hall–Kier alpha value is -1.24. The molecule has 1 rings (SSSR count). The van der Waals surface area contributed by atoms with Gasteiger partial charge in [0.25, 0.3) is 0 Å². The van der Waals surface area contributed by atoms with Crippen LogP contribution in [0, 0.1) is 17.4 Å². The fraction of sp³-hybridized carbons (Fsp3) is 0.778. The van der Waals surface area contributed by atoms with Gasteiger partial charge in [0, 0.05) is 0 Å². The van der Waals surface area contributed by atoms with Gasteiger partial charge < -0.3 is 5.73 Å². The van der Waals surface area contributed by atoms with Gasteiger partial charge >= 0.3 is 0 Å². The van der Waals surface area contributed by atoms with Gasteiger partial charge in [0.2, 0.25) is 5.96 Å². The summed E-state index contributed by atoms with van der Waals surface area (Å²) in [5.74, 6) is 0.985. The summed E-state index contributed by atoms with van der Waals surface area (Å²) >= 11 is 0. The zero-order valence-corrected chi connectivity index (χ0v) is 7.95. The van der Waals surface area contributed by atoms with Gasteiger partial charge in [0.05, 0.1) is 6.04 Å². The van der Waals surface area contributed by atoms with E-state index in [1.54, 1.807) is 6.19 Å². The number of hydrogen-bond donors (Lipinski definition) is 2. The average molecular weight is 180 g/mol. The third-order valence-electron chi connectivity index (χ3n) is 2.41. The maximum absolute atomic E-state index is 8.30. The van der Waals surface area contributed by atoms with E-state index in [9.17, 15) is 0 Å². The van der Waals surface area contributed by atoms with Crippen LogP contribution < -0.4 is 11.1 Å². The predicted molar refractivity (Wildman–Crippen MR) is 51.8 cm³/mol. The van der Waals surface area contributed by atoms with Crippen LogP contribution in [0.2, 0.25) is 0 Å². The van der Waals surface area contributed by atoms with Crippen LogP contribution in [0.3, 0.4) is 0 Å². The summed E-state index contributed by atoms with van der Waals surface area (Å²) in [6.07, 6.45) is 6.46. The summed E-state index contributed by atoms with van der Waals surface area (Å²) in [7, 11) is 0. The number of aliphatic imine (C=N–C) groups is 1. The van der Waals surface area contributed by atoms with E-state index in [1.807, 2.05) is 0 Å². The molecule has 0 spiro atoms. The smallest absolute Gasteiger partial charge is 0.202 e. The molecule has 4 heteroatoms. The molecule has 0 aliphatic heterocycles. The average Bonchev–Trinajstić information content (AvgIpc) is 2.04. The third kappa shape index (κ3) is 3.32. The lowest BCUT2D eigenvalue weighted by Crippen LogP contribution is -2.30. The van der Waals surface area contributed by atoms with Crippen molar-refractivity contribution in [3.8, 4) is 6.19 Å². The molecule has 0 amide bonds. The molecule has 72 valence electrons. The van der Waals surface area contributed by atoms with Gasteiger partial charge in [-0.2, -0.15) is 5.26 Å². The zero-order chi connectivity index (χ0) is 9.68. The van der Waals surface area contributed by atoms with Crippen molar-refractivity contribution < 1.29 is 0 Å². The Morgan fingerprint density at radius 1 is 1.62 bits per heavy atom. The summed E-state index contributed by atoms with van der Waals surface area (Å²) in [4.78, 5) is 4.24. The third-order valence-corrected chi connectivity index (χ3v) is 2.41. The second-order valence-electron chi connectivity index (χ2n) is 3.68. The summed E-state index contributed by atoms with van der Waals surface area (Å²) in [5, 5.41) is 10.6. The number of nitrogens with one attached hydrogen (secondary N) is 1.